The van der Waals surface area contributed by atoms with Crippen LogP contribution in [0.4, 0.5) is 23.4 Å². The van der Waals surface area contributed by atoms with Gasteiger partial charge in [0.1, 0.15) is 22.9 Å². The fraction of sp³-hybridized carbons (Fsp3) is 0.259. The number of aromatic nitrogens is 3. The van der Waals surface area contributed by atoms with Crippen LogP contribution in [0.2, 0.25) is 0 Å². The maximum Gasteiger partial charge on any atom is 0.264 e. The Balaban J connectivity index is 1.92. The molecule has 192 valence electrons. The van der Waals surface area contributed by atoms with E-state index in [1.807, 2.05) is 0 Å². The molecule has 2 aromatic carbocycles. The topological polar surface area (TPSA) is 103 Å². The summed E-state index contributed by atoms with van der Waals surface area (Å²) in [6, 6.07) is 8.36. The summed E-state index contributed by atoms with van der Waals surface area (Å²) >= 11 is 0. The Labute approximate surface area is 210 Å². The van der Waals surface area contributed by atoms with Crippen molar-refractivity contribution in [1.29, 1.82) is 0 Å². The SMILES string of the molecule is Cn1nc(N)c2c(C(F)F)ccc(-c3ccc(C#CC(C)(C)O)nc3[C@@H](N)Cc3cc(F)cc(F)c3)c21. The quantitative estimate of drug-likeness (QED) is 0.264. The second-order valence-corrected chi connectivity index (χ2v) is 9.26. The molecule has 0 unspecified atom stereocenters. The van der Waals surface area contributed by atoms with E-state index in [2.05, 4.69) is 21.9 Å². The van der Waals surface area contributed by atoms with Gasteiger partial charge in [0.05, 0.1) is 22.6 Å². The number of alkyl halides is 2. The lowest BCUT2D eigenvalue weighted by atomic mass is 9.93. The molecule has 4 aromatic rings. The highest BCUT2D eigenvalue weighted by Gasteiger charge is 2.24. The number of hydrogen-bond acceptors (Lipinski definition) is 5. The van der Waals surface area contributed by atoms with Crippen molar-refractivity contribution in [3.05, 3.63) is 76.6 Å². The molecule has 4 rings (SSSR count). The predicted octanol–water partition coefficient (Wildman–Crippen LogP) is 4.80. The molecule has 0 saturated carbocycles. The number of pyridine rings is 1. The van der Waals surface area contributed by atoms with Crippen molar-refractivity contribution in [2.45, 2.75) is 38.3 Å². The van der Waals surface area contributed by atoms with Gasteiger partial charge in [0.25, 0.3) is 6.43 Å². The summed E-state index contributed by atoms with van der Waals surface area (Å²) in [5, 5.41) is 14.2. The predicted molar refractivity (Wildman–Crippen MR) is 133 cm³/mol. The molecule has 1 atom stereocenters. The summed E-state index contributed by atoms with van der Waals surface area (Å²) in [7, 11) is 1.59. The number of benzene rings is 2. The maximum absolute atomic E-state index is 13.8. The summed E-state index contributed by atoms with van der Waals surface area (Å²) in [5.74, 6) is 3.95. The zero-order chi connectivity index (χ0) is 27.1. The number of aliphatic hydroxyl groups is 1. The third kappa shape index (κ3) is 5.58. The van der Waals surface area contributed by atoms with Crippen molar-refractivity contribution in [2.24, 2.45) is 12.8 Å². The fourth-order valence-electron chi connectivity index (χ4n) is 4.22. The van der Waals surface area contributed by atoms with E-state index in [1.54, 1.807) is 19.2 Å². The lowest BCUT2D eigenvalue weighted by Gasteiger charge is -2.18. The van der Waals surface area contributed by atoms with Crippen molar-refractivity contribution in [1.82, 2.24) is 14.8 Å². The average Bonchev–Trinajstić information content (AvgIpc) is 3.10. The monoisotopic (exact) mass is 511 g/mol. The molecule has 0 aliphatic rings. The third-order valence-electron chi connectivity index (χ3n) is 5.72. The number of nitrogens with zero attached hydrogens (tertiary/aromatic N) is 3. The van der Waals surface area contributed by atoms with Crippen molar-refractivity contribution in [2.75, 3.05) is 5.73 Å². The second kappa shape index (κ2) is 9.84. The lowest BCUT2D eigenvalue weighted by molar-refractivity contribution is 0.143. The molecule has 0 aliphatic heterocycles. The Morgan fingerprint density at radius 2 is 1.70 bits per heavy atom. The van der Waals surface area contributed by atoms with E-state index in [1.165, 1.54) is 42.8 Å². The highest BCUT2D eigenvalue weighted by atomic mass is 19.3. The van der Waals surface area contributed by atoms with Gasteiger partial charge in [-0.3, -0.25) is 4.68 Å². The first kappa shape index (κ1) is 26.1. The van der Waals surface area contributed by atoms with E-state index in [9.17, 15) is 22.7 Å². The smallest absolute Gasteiger partial charge is 0.264 e. The van der Waals surface area contributed by atoms with Crippen molar-refractivity contribution in [3.63, 3.8) is 0 Å². The van der Waals surface area contributed by atoms with E-state index in [0.717, 1.165) is 6.07 Å². The van der Waals surface area contributed by atoms with Crippen LogP contribution in [0.25, 0.3) is 22.0 Å². The van der Waals surface area contributed by atoms with Gasteiger partial charge in [0.2, 0.25) is 0 Å². The molecule has 2 aromatic heterocycles. The molecule has 2 heterocycles. The van der Waals surface area contributed by atoms with Crippen LogP contribution < -0.4 is 11.5 Å². The number of aryl methyl sites for hydroxylation is 1. The maximum atomic E-state index is 13.8. The number of nitrogen functional groups attached to an aromatic ring is 1. The van der Waals surface area contributed by atoms with Crippen LogP contribution in [0.15, 0.2) is 42.5 Å². The largest absolute Gasteiger partial charge is 0.382 e. The van der Waals surface area contributed by atoms with Crippen LogP contribution in [-0.2, 0) is 13.5 Å². The van der Waals surface area contributed by atoms with Crippen LogP contribution in [0.1, 0.15) is 48.8 Å². The lowest BCUT2D eigenvalue weighted by Crippen LogP contribution is -2.18. The Bertz CT molecular complexity index is 1530. The van der Waals surface area contributed by atoms with Gasteiger partial charge in [-0.2, -0.15) is 5.10 Å². The van der Waals surface area contributed by atoms with E-state index >= 15 is 0 Å². The number of rotatable bonds is 5. The first-order valence-corrected chi connectivity index (χ1v) is 11.3. The molecule has 0 aliphatic carbocycles. The molecule has 0 spiro atoms. The minimum atomic E-state index is -2.77. The molecule has 0 saturated heterocycles. The third-order valence-corrected chi connectivity index (χ3v) is 5.72. The molecule has 0 radical (unpaired) electrons. The zero-order valence-corrected chi connectivity index (χ0v) is 20.4. The second-order valence-electron chi connectivity index (χ2n) is 9.26. The standard InChI is InChI=1S/C27H25F4N5O/c1-27(2,37)9-8-17-4-5-18(23(34-17)21(32)12-14-10-15(28)13-16(29)11-14)19-6-7-20(25(30)31)22-24(19)36(3)35-26(22)33/h4-7,10-11,13,21,25,37H,12,32H2,1-3H3,(H2,33,35)/t21-/m0/s1. The van der Waals surface area contributed by atoms with Gasteiger partial charge in [0, 0.05) is 29.8 Å². The molecule has 37 heavy (non-hydrogen) atoms. The summed E-state index contributed by atoms with van der Waals surface area (Å²) < 4.78 is 56.5. The number of fused-ring (bicyclic) bond motifs is 1. The molecular formula is C27H25F4N5O. The highest BCUT2D eigenvalue weighted by Crippen LogP contribution is 2.39. The number of anilines is 1. The Morgan fingerprint density at radius 3 is 2.32 bits per heavy atom. The number of hydrogen-bond donors (Lipinski definition) is 3. The van der Waals surface area contributed by atoms with Crippen molar-refractivity contribution >= 4 is 16.7 Å². The van der Waals surface area contributed by atoms with E-state index < -0.39 is 29.7 Å². The normalized spacial score (nSPS) is 12.6. The number of halogens is 4. The Morgan fingerprint density at radius 1 is 1.05 bits per heavy atom. The van der Waals surface area contributed by atoms with Crippen molar-refractivity contribution < 1.29 is 22.7 Å². The summed E-state index contributed by atoms with van der Waals surface area (Å²) in [5.41, 5.74) is 13.2. The minimum absolute atomic E-state index is 0.0306. The van der Waals surface area contributed by atoms with Crippen LogP contribution in [0.5, 0.6) is 0 Å². The van der Waals surface area contributed by atoms with E-state index in [-0.39, 0.29) is 23.2 Å². The molecule has 5 N–H and O–H groups in total. The number of nitrogens with two attached hydrogens (primary N) is 2. The first-order chi connectivity index (χ1) is 17.3. The van der Waals surface area contributed by atoms with Gasteiger partial charge in [-0.05, 0) is 56.0 Å². The highest BCUT2D eigenvalue weighted by molar-refractivity contribution is 6.02. The van der Waals surface area contributed by atoms with Gasteiger partial charge in [-0.15, -0.1) is 0 Å². The molecular weight excluding hydrogens is 486 g/mol. The van der Waals surface area contributed by atoms with Gasteiger partial charge in [-0.1, -0.05) is 18.1 Å². The van der Waals surface area contributed by atoms with Crippen molar-refractivity contribution in [3.8, 4) is 23.0 Å². The van der Waals surface area contributed by atoms with E-state index in [0.29, 0.717) is 33.6 Å². The molecule has 0 bridgehead atoms. The average molecular weight is 512 g/mol. The first-order valence-electron chi connectivity index (χ1n) is 11.3. The Kier molecular flexibility index (Phi) is 6.95. The van der Waals surface area contributed by atoms with Crippen LogP contribution in [0.3, 0.4) is 0 Å². The fourth-order valence-corrected chi connectivity index (χ4v) is 4.22. The van der Waals surface area contributed by atoms with Crippen LogP contribution in [0, 0.1) is 23.5 Å². The molecule has 10 heteroatoms. The summed E-state index contributed by atoms with van der Waals surface area (Å²) in [4.78, 5) is 4.59. The minimum Gasteiger partial charge on any atom is -0.382 e. The van der Waals surface area contributed by atoms with Gasteiger partial charge >= 0.3 is 0 Å². The summed E-state index contributed by atoms with van der Waals surface area (Å²) in [6.45, 7) is 3.04. The van der Waals surface area contributed by atoms with Gasteiger partial charge in [-0.25, -0.2) is 22.5 Å². The van der Waals surface area contributed by atoms with Gasteiger partial charge in [0.15, 0.2) is 5.82 Å². The molecule has 0 amide bonds. The van der Waals surface area contributed by atoms with E-state index in [4.69, 9.17) is 11.5 Å². The Hall–Kier alpha value is -3.94. The van der Waals surface area contributed by atoms with Crippen LogP contribution in [-0.4, -0.2) is 25.5 Å². The molecule has 0 fully saturated rings. The summed E-state index contributed by atoms with van der Waals surface area (Å²) in [6.07, 6.45) is -2.74. The van der Waals surface area contributed by atoms with Crippen LogP contribution >= 0.6 is 0 Å². The van der Waals surface area contributed by atoms with Gasteiger partial charge < -0.3 is 16.6 Å². The molecule has 6 nitrogen and oxygen atoms in total. The zero-order valence-electron chi connectivity index (χ0n) is 20.4.